The molecule has 1 amide bonds. The normalized spacial score (nSPS) is 16.2. The van der Waals surface area contributed by atoms with Gasteiger partial charge in [-0.2, -0.15) is 5.10 Å². The average Bonchev–Trinajstić information content (AvgIpc) is 3.20. The smallest absolute Gasteiger partial charge is 0.327 e. The minimum atomic E-state index is -0.516. The molecular formula is C20H25ClN4O3. The van der Waals surface area contributed by atoms with Crippen LogP contribution in [0.5, 0.6) is 0 Å². The number of piperazine rings is 1. The summed E-state index contributed by atoms with van der Waals surface area (Å²) < 4.78 is 5.01. The lowest BCUT2D eigenvalue weighted by Crippen LogP contribution is -2.51. The number of amides is 1. The first-order valence-electron chi connectivity index (χ1n) is 9.32. The van der Waals surface area contributed by atoms with Crippen LogP contribution in [0.25, 0.3) is 0 Å². The van der Waals surface area contributed by atoms with Crippen molar-refractivity contribution in [2.75, 3.05) is 33.3 Å². The highest BCUT2D eigenvalue weighted by atomic mass is 35.5. The molecular weight excluding hydrogens is 380 g/mol. The Labute approximate surface area is 169 Å². The second-order valence-electron chi connectivity index (χ2n) is 7.17. The lowest BCUT2D eigenvalue weighted by Gasteiger charge is -2.38. The molecule has 1 saturated heterocycles. The Hall–Kier alpha value is -2.38. The maximum Gasteiger partial charge on any atom is 0.327 e. The van der Waals surface area contributed by atoms with Crippen molar-refractivity contribution < 1.29 is 14.3 Å². The van der Waals surface area contributed by atoms with Crippen LogP contribution in [0.2, 0.25) is 5.02 Å². The highest BCUT2D eigenvalue weighted by molar-refractivity contribution is 6.30. The highest BCUT2D eigenvalue weighted by Crippen LogP contribution is 2.25. The topological polar surface area (TPSA) is 78.5 Å². The van der Waals surface area contributed by atoms with E-state index in [1.54, 1.807) is 17.0 Å². The molecule has 28 heavy (non-hydrogen) atoms. The van der Waals surface area contributed by atoms with Crippen LogP contribution in [0.15, 0.2) is 30.3 Å². The quantitative estimate of drug-likeness (QED) is 0.775. The number of H-pyrrole nitrogens is 1. The molecule has 0 aliphatic carbocycles. The molecule has 7 nitrogen and oxygen atoms in total. The van der Waals surface area contributed by atoms with Crippen molar-refractivity contribution in [3.05, 3.63) is 52.3 Å². The van der Waals surface area contributed by atoms with Gasteiger partial charge in [-0.05, 0) is 29.7 Å². The Bertz CT molecular complexity index is 826. The molecule has 2 aromatic rings. The predicted octanol–water partition coefficient (Wildman–Crippen LogP) is 2.86. The monoisotopic (exact) mass is 404 g/mol. The number of carbonyl (C=O) groups excluding carboxylic acids is 2. The van der Waals surface area contributed by atoms with Crippen LogP contribution >= 0.6 is 11.6 Å². The third kappa shape index (κ3) is 4.36. The van der Waals surface area contributed by atoms with Gasteiger partial charge >= 0.3 is 5.97 Å². The second kappa shape index (κ2) is 8.75. The number of rotatable bonds is 5. The van der Waals surface area contributed by atoms with Gasteiger partial charge in [0.25, 0.3) is 5.91 Å². The van der Waals surface area contributed by atoms with Crippen molar-refractivity contribution in [1.29, 1.82) is 0 Å². The van der Waals surface area contributed by atoms with Gasteiger partial charge in [0, 0.05) is 36.9 Å². The molecule has 3 rings (SSSR count). The average molecular weight is 405 g/mol. The van der Waals surface area contributed by atoms with Crippen molar-refractivity contribution in [3.63, 3.8) is 0 Å². The Morgan fingerprint density at radius 3 is 2.32 bits per heavy atom. The largest absolute Gasteiger partial charge is 0.468 e. The summed E-state index contributed by atoms with van der Waals surface area (Å²) in [6, 6.07) is 8.48. The van der Waals surface area contributed by atoms with Gasteiger partial charge in [0.1, 0.15) is 11.7 Å². The zero-order chi connectivity index (χ0) is 20.3. The van der Waals surface area contributed by atoms with Gasteiger partial charge in [-0.1, -0.05) is 37.6 Å². The van der Waals surface area contributed by atoms with Gasteiger partial charge in [-0.25, -0.2) is 4.79 Å². The van der Waals surface area contributed by atoms with Gasteiger partial charge in [-0.15, -0.1) is 0 Å². The van der Waals surface area contributed by atoms with Gasteiger partial charge in [0.2, 0.25) is 0 Å². The number of halogens is 1. The third-order valence-electron chi connectivity index (χ3n) is 5.02. The fourth-order valence-electron chi connectivity index (χ4n) is 3.34. The molecule has 1 unspecified atom stereocenters. The highest BCUT2D eigenvalue weighted by Gasteiger charge is 2.33. The number of nitrogens with one attached hydrogen (secondary N) is 1. The van der Waals surface area contributed by atoms with Gasteiger partial charge in [0.15, 0.2) is 0 Å². The van der Waals surface area contributed by atoms with E-state index < -0.39 is 6.04 Å². The first-order valence-corrected chi connectivity index (χ1v) is 9.70. The Morgan fingerprint density at radius 2 is 1.79 bits per heavy atom. The minimum absolute atomic E-state index is 0.0936. The lowest BCUT2D eigenvalue weighted by atomic mass is 10.0. The molecule has 1 atom stereocenters. The van der Waals surface area contributed by atoms with Crippen LogP contribution in [-0.4, -0.2) is 65.2 Å². The fourth-order valence-corrected chi connectivity index (χ4v) is 3.47. The molecule has 0 bridgehead atoms. The first-order chi connectivity index (χ1) is 13.4. The zero-order valence-corrected chi connectivity index (χ0v) is 17.1. The van der Waals surface area contributed by atoms with E-state index in [4.69, 9.17) is 16.3 Å². The maximum absolute atomic E-state index is 12.7. The maximum atomic E-state index is 12.7. The van der Waals surface area contributed by atoms with E-state index in [2.05, 4.69) is 10.2 Å². The first kappa shape index (κ1) is 20.4. The number of carbonyl (C=O) groups is 2. The van der Waals surface area contributed by atoms with E-state index in [0.29, 0.717) is 36.9 Å². The lowest BCUT2D eigenvalue weighted by molar-refractivity contribution is -0.148. The van der Waals surface area contributed by atoms with E-state index in [-0.39, 0.29) is 17.8 Å². The van der Waals surface area contributed by atoms with Crippen molar-refractivity contribution in [3.8, 4) is 0 Å². The van der Waals surface area contributed by atoms with Gasteiger partial charge in [-0.3, -0.25) is 14.8 Å². The number of aromatic nitrogens is 2. The van der Waals surface area contributed by atoms with Gasteiger partial charge < -0.3 is 9.64 Å². The number of ether oxygens (including phenoxy) is 1. The number of methoxy groups -OCH3 is 1. The molecule has 1 aliphatic rings. The summed E-state index contributed by atoms with van der Waals surface area (Å²) in [6.45, 7) is 6.26. The van der Waals surface area contributed by atoms with Gasteiger partial charge in [0.05, 0.1) is 7.11 Å². The van der Waals surface area contributed by atoms with Crippen LogP contribution in [0, 0.1) is 0 Å². The molecule has 0 saturated carbocycles. The summed E-state index contributed by atoms with van der Waals surface area (Å²) in [5, 5.41) is 7.68. The number of benzene rings is 1. The number of esters is 1. The summed E-state index contributed by atoms with van der Waals surface area (Å²) in [5.74, 6) is -0.133. The summed E-state index contributed by atoms with van der Waals surface area (Å²) >= 11 is 5.97. The Balaban J connectivity index is 1.68. The molecule has 1 fully saturated rings. The minimum Gasteiger partial charge on any atom is -0.468 e. The van der Waals surface area contributed by atoms with Crippen LogP contribution < -0.4 is 0 Å². The Kier molecular flexibility index (Phi) is 6.36. The Morgan fingerprint density at radius 1 is 1.14 bits per heavy atom. The molecule has 1 N–H and O–H groups in total. The molecule has 0 spiro atoms. The van der Waals surface area contributed by atoms with E-state index in [0.717, 1.165) is 11.3 Å². The third-order valence-corrected chi connectivity index (χ3v) is 5.27. The summed E-state index contributed by atoms with van der Waals surface area (Å²) in [4.78, 5) is 28.9. The number of hydrogen-bond acceptors (Lipinski definition) is 5. The van der Waals surface area contributed by atoms with E-state index in [1.165, 1.54) is 7.11 Å². The molecule has 8 heteroatoms. The molecule has 1 aromatic heterocycles. The van der Waals surface area contributed by atoms with E-state index >= 15 is 0 Å². The SMILES string of the molecule is COC(=O)C(c1ccc(Cl)cc1)N1CCN(C(=O)c2cc(C(C)C)[nH]n2)CC1. The van der Waals surface area contributed by atoms with E-state index in [9.17, 15) is 9.59 Å². The molecule has 1 aliphatic heterocycles. The molecule has 150 valence electrons. The van der Waals surface area contributed by atoms with Crippen LogP contribution in [0.4, 0.5) is 0 Å². The predicted molar refractivity (Wildman–Crippen MR) is 106 cm³/mol. The van der Waals surface area contributed by atoms with Crippen LogP contribution in [-0.2, 0) is 9.53 Å². The van der Waals surface area contributed by atoms with Crippen LogP contribution in [0.1, 0.15) is 47.6 Å². The molecule has 2 heterocycles. The summed E-state index contributed by atoms with van der Waals surface area (Å²) in [5.41, 5.74) is 2.19. The van der Waals surface area contributed by atoms with Crippen LogP contribution in [0.3, 0.4) is 0 Å². The number of nitrogens with zero attached hydrogens (tertiary/aromatic N) is 3. The standard InChI is InChI=1S/C20H25ClN4O3/c1-13(2)16-12-17(23-22-16)19(26)25-10-8-24(9-11-25)18(20(27)28-3)14-4-6-15(21)7-5-14/h4-7,12-13,18H,8-11H2,1-3H3,(H,22,23). The fraction of sp³-hybridized carbons (Fsp3) is 0.450. The van der Waals surface area contributed by atoms with E-state index in [1.807, 2.05) is 36.9 Å². The van der Waals surface area contributed by atoms with Crippen molar-refractivity contribution in [1.82, 2.24) is 20.0 Å². The van der Waals surface area contributed by atoms with Crippen molar-refractivity contribution in [2.24, 2.45) is 0 Å². The summed E-state index contributed by atoms with van der Waals surface area (Å²) in [7, 11) is 1.38. The molecule has 1 aromatic carbocycles. The number of aromatic amines is 1. The second-order valence-corrected chi connectivity index (χ2v) is 7.61. The summed E-state index contributed by atoms with van der Waals surface area (Å²) in [6.07, 6.45) is 0. The zero-order valence-electron chi connectivity index (χ0n) is 16.3. The number of hydrogen-bond donors (Lipinski definition) is 1. The molecule has 0 radical (unpaired) electrons. The van der Waals surface area contributed by atoms with Crippen molar-refractivity contribution >= 4 is 23.5 Å². The van der Waals surface area contributed by atoms with Crippen molar-refractivity contribution in [2.45, 2.75) is 25.8 Å².